The molecule has 0 aliphatic carbocycles. The van der Waals surface area contributed by atoms with Crippen molar-refractivity contribution in [2.45, 2.75) is 96.9 Å². The molecule has 31 nitrogen and oxygen atoms in total. The topological polar surface area (TPSA) is 472 Å². The molecule has 9 aromatic rings. The second-order valence-electron chi connectivity index (χ2n) is 26.4. The fraction of sp³-hybridized carbons (Fsp3) is 0.279. The number of hydrogen-bond donors (Lipinski definition) is 8. The minimum Gasteiger partial charge on any atom is -0.498 e. The molecule has 0 saturated heterocycles. The summed E-state index contributed by atoms with van der Waals surface area (Å²) in [5, 5.41) is 11.6. The van der Waals surface area contributed by atoms with Crippen molar-refractivity contribution in [1.29, 1.82) is 0 Å². The first-order valence-electron chi connectivity index (χ1n) is 37.1. The van der Waals surface area contributed by atoms with Crippen LogP contribution in [0.1, 0.15) is 98.7 Å². The van der Waals surface area contributed by atoms with Crippen LogP contribution in [0.2, 0.25) is 0 Å². The van der Waals surface area contributed by atoms with Gasteiger partial charge in [-0.3, -0.25) is 43.2 Å². The lowest BCUT2D eigenvalue weighted by Crippen LogP contribution is -2.37. The molecule has 0 saturated carbocycles. The number of amides is 4. The zero-order valence-electron chi connectivity index (χ0n) is 66.2. The van der Waals surface area contributed by atoms with Gasteiger partial charge in [0.05, 0.1) is 134 Å². The third-order valence-corrected chi connectivity index (χ3v) is 17.9. The third kappa shape index (κ3) is 30.4. The Morgan fingerprint density at radius 1 is 0.410 bits per heavy atom. The molecule has 4 aromatic carbocycles. The normalized spacial score (nSPS) is 11.9. The second kappa shape index (κ2) is 46.8. The Morgan fingerprint density at radius 3 is 1.09 bits per heavy atom. The third-order valence-electron chi connectivity index (χ3n) is 17.9. The van der Waals surface area contributed by atoms with E-state index in [2.05, 4.69) is 44.4 Å². The first-order valence-corrected chi connectivity index (χ1v) is 37.1. The number of nitrogens with zero attached hydrogens (tertiary/aromatic N) is 8. The van der Waals surface area contributed by atoms with E-state index in [0.29, 0.717) is 154 Å². The zero-order chi connectivity index (χ0) is 84.8. The van der Waals surface area contributed by atoms with Crippen molar-refractivity contribution < 1.29 is 76.7 Å². The highest BCUT2D eigenvalue weighted by molar-refractivity contribution is 6.23. The Hall–Kier alpha value is -14.1. The molecule has 0 atom stereocenters. The van der Waals surface area contributed by atoms with Gasteiger partial charge in [0.25, 0.3) is 11.8 Å². The summed E-state index contributed by atoms with van der Waals surface area (Å²) in [5.41, 5.74) is 45.2. The van der Waals surface area contributed by atoms with Crippen LogP contribution in [0.15, 0.2) is 200 Å². The van der Waals surface area contributed by atoms with Crippen LogP contribution in [0.25, 0.3) is 11.1 Å². The van der Waals surface area contributed by atoms with Crippen molar-refractivity contribution in [2.24, 2.45) is 5.73 Å². The minimum absolute atomic E-state index is 0.0747. The summed E-state index contributed by atoms with van der Waals surface area (Å²) in [6.07, 6.45) is 3.69. The van der Waals surface area contributed by atoms with Gasteiger partial charge >= 0.3 is 29.8 Å². The Labute approximate surface area is 678 Å². The molecule has 0 spiro atoms. The number of hydrogen-bond acceptors (Lipinski definition) is 26. The maximum absolute atomic E-state index is 13.0. The summed E-state index contributed by atoms with van der Waals surface area (Å²) in [5.74, 6) is 0.720. The van der Waals surface area contributed by atoms with E-state index in [-0.39, 0.29) is 67.5 Å². The molecule has 2 aliphatic heterocycles. The summed E-state index contributed by atoms with van der Waals surface area (Å²) < 4.78 is 29.5. The molecule has 31 heteroatoms. The number of carbonyl (C=O) groups excluding carboxylic acids is 8. The van der Waals surface area contributed by atoms with Crippen LogP contribution < -0.4 is 39.7 Å². The number of carboxylic acids is 1. The number of carbonyl (C=O) groups is 9. The predicted molar refractivity (Wildman–Crippen MR) is 439 cm³/mol. The van der Waals surface area contributed by atoms with E-state index in [1.165, 1.54) is 33.3 Å². The number of nitrogens with two attached hydrogens (primary N) is 6. The molecule has 0 fully saturated rings. The van der Waals surface area contributed by atoms with E-state index in [4.69, 9.17) is 53.7 Å². The van der Waals surface area contributed by atoms with Crippen LogP contribution in [-0.4, -0.2) is 160 Å². The van der Waals surface area contributed by atoms with Crippen molar-refractivity contribution in [3.63, 3.8) is 0 Å². The minimum atomic E-state index is -0.833. The number of esters is 4. The summed E-state index contributed by atoms with van der Waals surface area (Å²) in [7, 11) is 8.50. The molecule has 614 valence electrons. The number of carboxylic acid groups (broad SMARTS) is 1. The van der Waals surface area contributed by atoms with Crippen LogP contribution in [-0.2, 0) is 143 Å². The number of pyridine rings is 5. The monoisotopic (exact) mass is 1600 g/mol. The highest BCUT2D eigenvalue weighted by Crippen LogP contribution is 2.32. The van der Waals surface area contributed by atoms with E-state index in [1.54, 1.807) is 78.6 Å². The SMILES string of the molecule is COC(=O)CCc1ccc(C2=C(OC)CN(Cc3cccc(N)n3)C2=O)cc1.COC(=O)CCc1ccc(CC(=O)N(CC(=O)OC)Cc2cccc(N)n2)cc1.COC(=O)CCc1ccc(CC(=O)NCc2cccc(N)n2)cc1.COC1=C(c2ccc(CCC(=O)O)cc2)C(=O)N(Cc2cccc(N)n2)C1.NCc1cccc(N)n1. The van der Waals surface area contributed by atoms with Gasteiger partial charge < -0.3 is 87.9 Å². The number of aryl methyl sites for hydroxylation is 4. The van der Waals surface area contributed by atoms with Crippen LogP contribution in [0.3, 0.4) is 0 Å². The maximum Gasteiger partial charge on any atom is 0.325 e. The average molecular weight is 1600 g/mol. The van der Waals surface area contributed by atoms with Gasteiger partial charge in [-0.15, -0.1) is 0 Å². The first-order chi connectivity index (χ1) is 56.3. The average Bonchev–Trinajstić information content (AvgIpc) is 1.66. The molecule has 14 N–H and O–H groups in total. The Morgan fingerprint density at radius 2 is 0.735 bits per heavy atom. The highest BCUT2D eigenvalue weighted by Gasteiger charge is 2.34. The standard InChI is InChI=1S/C21H25N3O5.C21H23N3O4.C20H21N3O4.C18H21N3O3.C6H9N3/c1-28-20(26)11-10-15-6-8-16(9-7-15)12-19(25)24(14-21(27)29-2)13-17-4-3-5-18(22)23-17;1-27-17-13-24(12-16-4-3-5-18(22)23-16)21(26)20(17)15-9-6-14(7-10-15)8-11-19(25)28-2;1-27-16-12-23(11-15-3-2-4-17(21)22-15)20(26)19(16)14-8-5-13(6-9-14)7-10-18(24)25;1-24-18(23)10-9-13-5-7-14(8-6-13)11-17(22)20-12-15-3-2-4-16(19)21-15;7-4-5-2-1-3-6(8)9-5/h3-9H,10-14H2,1-2H3,(H2,22,23);3-7,9-10H,8,11-13H2,1-2H3,(H2,22,23);2-6,8-9H,7,10-12H2,1H3,(H2,21,22)(H,24,25);2-8H,9-12H2,1H3,(H2,19,21)(H,20,22);1-3H,4,7H2,(H2,8,9). The molecule has 4 amide bonds. The number of ether oxygens (including phenoxy) is 6. The van der Waals surface area contributed by atoms with Crippen molar-refractivity contribution in [2.75, 3.05) is 91.0 Å². The number of nitrogens with one attached hydrogen (secondary N) is 1. The number of rotatable bonds is 31. The van der Waals surface area contributed by atoms with E-state index in [9.17, 15) is 43.2 Å². The lowest BCUT2D eigenvalue weighted by Gasteiger charge is -2.21. The molecular formula is C86H99N15O16. The number of anilines is 5. The predicted octanol–water partition coefficient (Wildman–Crippen LogP) is 7.51. The molecular weight excluding hydrogens is 1500 g/mol. The lowest BCUT2D eigenvalue weighted by molar-refractivity contribution is -0.147. The highest BCUT2D eigenvalue weighted by atomic mass is 16.5. The van der Waals surface area contributed by atoms with Gasteiger partial charge in [0, 0.05) is 32.2 Å². The van der Waals surface area contributed by atoms with E-state index < -0.39 is 11.9 Å². The largest absolute Gasteiger partial charge is 0.498 e. The molecule has 7 heterocycles. The Balaban J connectivity index is 0.000000208. The number of aliphatic carboxylic acids is 1. The Bertz CT molecular complexity index is 4910. The van der Waals surface area contributed by atoms with Gasteiger partial charge in [-0.1, -0.05) is 127 Å². The zero-order valence-corrected chi connectivity index (χ0v) is 66.2. The molecule has 11 rings (SSSR count). The van der Waals surface area contributed by atoms with E-state index in [1.807, 2.05) is 133 Å². The van der Waals surface area contributed by atoms with Gasteiger partial charge in [0.1, 0.15) is 47.2 Å². The van der Waals surface area contributed by atoms with Gasteiger partial charge in [-0.2, -0.15) is 0 Å². The van der Waals surface area contributed by atoms with Crippen molar-refractivity contribution >= 4 is 93.7 Å². The summed E-state index contributed by atoms with van der Waals surface area (Å²) in [6, 6.07) is 56.5. The first kappa shape index (κ1) is 90.1. The second-order valence-corrected chi connectivity index (χ2v) is 26.4. The van der Waals surface area contributed by atoms with Gasteiger partial charge in [0.15, 0.2) is 0 Å². The number of methoxy groups -OCH3 is 6. The summed E-state index contributed by atoms with van der Waals surface area (Å²) >= 11 is 0. The van der Waals surface area contributed by atoms with E-state index in [0.717, 1.165) is 61.6 Å². The fourth-order valence-corrected chi connectivity index (χ4v) is 11.7. The number of benzene rings is 4. The molecule has 0 radical (unpaired) electrons. The van der Waals surface area contributed by atoms with Crippen LogP contribution in [0, 0.1) is 0 Å². The van der Waals surface area contributed by atoms with Crippen molar-refractivity contribution in [3.8, 4) is 0 Å². The number of aromatic nitrogens is 5. The number of nitrogen functional groups attached to an aromatic ring is 5. The molecule has 2 aliphatic rings. The molecule has 0 unspecified atom stereocenters. The molecule has 117 heavy (non-hydrogen) atoms. The molecule has 5 aromatic heterocycles. The fourth-order valence-electron chi connectivity index (χ4n) is 11.7. The van der Waals surface area contributed by atoms with Crippen LogP contribution in [0.5, 0.6) is 0 Å². The van der Waals surface area contributed by atoms with Gasteiger partial charge in [-0.25, -0.2) is 24.9 Å². The Kier molecular flexibility index (Phi) is 36.0. The lowest BCUT2D eigenvalue weighted by atomic mass is 10.0. The quantitative estimate of drug-likeness (QED) is 0.0154. The van der Waals surface area contributed by atoms with Crippen LogP contribution in [0.4, 0.5) is 29.1 Å². The van der Waals surface area contributed by atoms with E-state index >= 15 is 0 Å². The van der Waals surface area contributed by atoms with Gasteiger partial charge in [0.2, 0.25) is 11.8 Å². The van der Waals surface area contributed by atoms with Crippen molar-refractivity contribution in [3.05, 3.63) is 273 Å². The molecule has 0 bridgehead atoms. The van der Waals surface area contributed by atoms with Crippen LogP contribution >= 0.6 is 0 Å². The van der Waals surface area contributed by atoms with Crippen molar-refractivity contribution in [1.82, 2.24) is 44.9 Å². The van der Waals surface area contributed by atoms with Gasteiger partial charge in [-0.05, 0) is 131 Å². The smallest absolute Gasteiger partial charge is 0.325 e. The summed E-state index contributed by atoms with van der Waals surface area (Å²) in [6.45, 7) is 2.22. The summed E-state index contributed by atoms with van der Waals surface area (Å²) in [4.78, 5) is 132. The maximum atomic E-state index is 13.0.